The number of carbonyl (C=O) groups excluding carboxylic acids is 3. The van der Waals surface area contributed by atoms with E-state index in [1.54, 1.807) is 32.4 Å². The molecule has 13 nitrogen and oxygen atoms in total. The van der Waals surface area contributed by atoms with E-state index >= 15 is 0 Å². The third kappa shape index (κ3) is 5.97. The summed E-state index contributed by atoms with van der Waals surface area (Å²) in [5.74, 6) is -1.84. The number of hydrogen-bond donors (Lipinski definition) is 3. The third-order valence-corrected chi connectivity index (χ3v) is 7.33. The molecule has 13 heteroatoms. The Labute approximate surface area is 221 Å². The van der Waals surface area contributed by atoms with Gasteiger partial charge in [0.05, 0.1) is 6.04 Å². The van der Waals surface area contributed by atoms with Crippen molar-refractivity contribution in [1.29, 1.82) is 0 Å². The van der Waals surface area contributed by atoms with E-state index < -0.39 is 47.1 Å². The molecule has 1 saturated heterocycles. The van der Waals surface area contributed by atoms with E-state index in [4.69, 9.17) is 4.74 Å². The number of allylic oxidation sites excluding steroid dienone is 1. The third-order valence-electron chi connectivity index (χ3n) is 7.33. The quantitative estimate of drug-likeness (QED) is 0.489. The van der Waals surface area contributed by atoms with Crippen molar-refractivity contribution in [2.75, 3.05) is 6.54 Å². The van der Waals surface area contributed by atoms with Crippen molar-refractivity contribution in [3.05, 3.63) is 18.0 Å². The average Bonchev–Trinajstić information content (AvgIpc) is 3.13. The molecule has 3 N–H and O–H groups in total. The number of alkyl carbamates (subject to hydrolysis) is 1. The summed E-state index contributed by atoms with van der Waals surface area (Å²) >= 11 is 0. The van der Waals surface area contributed by atoms with E-state index in [2.05, 4.69) is 26.2 Å². The molecule has 0 aromatic carbocycles. The molecule has 0 radical (unpaired) electrons. The van der Waals surface area contributed by atoms with Gasteiger partial charge in [0.1, 0.15) is 29.0 Å². The molecule has 4 rings (SSSR count). The number of carbonyl (C=O) groups is 4. The molecule has 1 aliphatic carbocycles. The van der Waals surface area contributed by atoms with Crippen LogP contribution in [-0.4, -0.2) is 83.9 Å². The van der Waals surface area contributed by atoms with E-state index in [9.17, 15) is 24.3 Å². The van der Waals surface area contributed by atoms with Crippen LogP contribution in [0, 0.1) is 12.8 Å². The normalized spacial score (nSPS) is 31.2. The SMILES string of the molecule is Cc1nnnn1[C@@H]1C[C@H]2C(=O)N[C@]3(C(=O)O)C[C@H]3/C=C\CCCCC[C@H](NC(=O)OC(C)(C)C)C(=O)N2C1. The van der Waals surface area contributed by atoms with E-state index in [1.807, 2.05) is 12.2 Å². The van der Waals surface area contributed by atoms with Crippen LogP contribution in [0.2, 0.25) is 0 Å². The smallest absolute Gasteiger partial charge is 0.408 e. The van der Waals surface area contributed by atoms with Crippen LogP contribution in [0.5, 0.6) is 0 Å². The standard InChI is InChI=1S/C25H37N7O6/c1-15-28-29-30-32(15)17-12-19-20(33)27-25(22(35)36)13-16(25)10-8-6-5-7-9-11-18(21(34)31(19)14-17)26-23(37)38-24(2,3)4/h8,10,16-19H,5-7,9,11-14H2,1-4H3,(H,26,37)(H,27,33)(H,35,36)/b10-8-/t16-,17-,18+,19+,25-/m1/s1. The molecule has 208 valence electrons. The maximum atomic E-state index is 13.9. The number of carboxylic acid groups (broad SMARTS) is 1. The molecule has 38 heavy (non-hydrogen) atoms. The first-order valence-corrected chi connectivity index (χ1v) is 13.2. The Kier molecular flexibility index (Phi) is 7.75. The van der Waals surface area contributed by atoms with Crippen molar-refractivity contribution in [1.82, 2.24) is 35.7 Å². The van der Waals surface area contributed by atoms with Crippen LogP contribution >= 0.6 is 0 Å². The molecule has 3 aliphatic rings. The Morgan fingerprint density at radius 3 is 2.66 bits per heavy atom. The number of amides is 3. The Bertz CT molecular complexity index is 1110. The van der Waals surface area contributed by atoms with Gasteiger partial charge in [-0.1, -0.05) is 25.0 Å². The summed E-state index contributed by atoms with van der Waals surface area (Å²) < 4.78 is 6.96. The number of aryl methyl sites for hydroxylation is 1. The molecule has 1 aromatic rings. The number of rotatable bonds is 3. The number of nitrogens with one attached hydrogen (secondary N) is 2. The molecule has 1 aromatic heterocycles. The molecule has 0 bridgehead atoms. The van der Waals surface area contributed by atoms with Crippen molar-refractivity contribution < 1.29 is 29.0 Å². The Balaban J connectivity index is 1.64. The summed E-state index contributed by atoms with van der Waals surface area (Å²) in [6, 6.07) is -2.25. The first-order chi connectivity index (χ1) is 17.9. The van der Waals surface area contributed by atoms with Crippen molar-refractivity contribution in [3.63, 3.8) is 0 Å². The van der Waals surface area contributed by atoms with E-state index in [0.717, 1.165) is 19.3 Å². The van der Waals surface area contributed by atoms with Crippen molar-refractivity contribution in [2.24, 2.45) is 5.92 Å². The van der Waals surface area contributed by atoms with Crippen LogP contribution in [0.25, 0.3) is 0 Å². The number of aliphatic carboxylic acids is 1. The molecule has 3 heterocycles. The molecule has 5 atom stereocenters. The van der Waals surface area contributed by atoms with Crippen LogP contribution < -0.4 is 10.6 Å². The Morgan fingerprint density at radius 2 is 2.00 bits per heavy atom. The lowest BCUT2D eigenvalue weighted by Crippen LogP contribution is -2.56. The van der Waals surface area contributed by atoms with Gasteiger partial charge < -0.3 is 25.4 Å². The number of fused-ring (bicyclic) bond motifs is 2. The van der Waals surface area contributed by atoms with Gasteiger partial charge in [-0.15, -0.1) is 5.10 Å². The lowest BCUT2D eigenvalue weighted by molar-refractivity contribution is -0.145. The second-order valence-electron chi connectivity index (χ2n) is 11.4. The monoisotopic (exact) mass is 531 g/mol. The zero-order valence-corrected chi connectivity index (χ0v) is 22.3. The van der Waals surface area contributed by atoms with Gasteiger partial charge in [0.25, 0.3) is 0 Å². The topological polar surface area (TPSA) is 169 Å². The van der Waals surface area contributed by atoms with Gasteiger partial charge in [0.15, 0.2) is 0 Å². The van der Waals surface area contributed by atoms with Gasteiger partial charge in [-0.25, -0.2) is 14.3 Å². The zero-order chi connectivity index (χ0) is 27.7. The maximum Gasteiger partial charge on any atom is 0.408 e. The maximum absolute atomic E-state index is 13.9. The van der Waals surface area contributed by atoms with Crippen LogP contribution in [0.3, 0.4) is 0 Å². The molecular weight excluding hydrogens is 494 g/mol. The van der Waals surface area contributed by atoms with Crippen molar-refractivity contribution in [2.45, 2.75) is 102 Å². The second-order valence-corrected chi connectivity index (χ2v) is 11.4. The first kappa shape index (κ1) is 27.5. The number of hydrogen-bond acceptors (Lipinski definition) is 8. The lowest BCUT2D eigenvalue weighted by atomic mass is 10.0. The highest BCUT2D eigenvalue weighted by Gasteiger charge is 2.61. The first-order valence-electron chi connectivity index (χ1n) is 13.2. The largest absolute Gasteiger partial charge is 0.479 e. The van der Waals surface area contributed by atoms with E-state index in [-0.39, 0.29) is 24.9 Å². The highest BCUT2D eigenvalue weighted by Crippen LogP contribution is 2.45. The predicted octanol–water partition coefficient (Wildman–Crippen LogP) is 1.50. The highest BCUT2D eigenvalue weighted by atomic mass is 16.6. The predicted molar refractivity (Wildman–Crippen MR) is 134 cm³/mol. The summed E-state index contributed by atoms with van der Waals surface area (Å²) in [5.41, 5.74) is -2.14. The molecule has 3 amide bonds. The van der Waals surface area contributed by atoms with Crippen molar-refractivity contribution >= 4 is 23.9 Å². The fraction of sp³-hybridized carbons (Fsp3) is 0.720. The summed E-state index contributed by atoms with van der Waals surface area (Å²) in [7, 11) is 0. The van der Waals surface area contributed by atoms with Gasteiger partial charge >= 0.3 is 12.1 Å². The average molecular weight is 532 g/mol. The number of nitrogens with zero attached hydrogens (tertiary/aromatic N) is 5. The van der Waals surface area contributed by atoms with Crippen LogP contribution in [0.1, 0.15) is 77.6 Å². The van der Waals surface area contributed by atoms with Gasteiger partial charge in [-0.3, -0.25) is 9.59 Å². The lowest BCUT2D eigenvalue weighted by Gasteiger charge is -2.30. The summed E-state index contributed by atoms with van der Waals surface area (Å²) in [6.45, 7) is 7.08. The number of ether oxygens (including phenoxy) is 1. The fourth-order valence-corrected chi connectivity index (χ4v) is 5.28. The van der Waals surface area contributed by atoms with E-state index in [1.165, 1.54) is 4.90 Å². The fourth-order valence-electron chi connectivity index (χ4n) is 5.28. The minimum Gasteiger partial charge on any atom is -0.479 e. The van der Waals surface area contributed by atoms with Crippen molar-refractivity contribution in [3.8, 4) is 0 Å². The molecule has 0 spiro atoms. The number of aromatic nitrogens is 4. The minimum atomic E-state index is -1.39. The van der Waals surface area contributed by atoms with Gasteiger partial charge in [-0.2, -0.15) is 0 Å². The molecule has 2 fully saturated rings. The van der Waals surface area contributed by atoms with Gasteiger partial charge in [-0.05, 0) is 63.8 Å². The summed E-state index contributed by atoms with van der Waals surface area (Å²) in [5, 5.41) is 27.0. The highest BCUT2D eigenvalue weighted by molar-refractivity contribution is 5.96. The molecule has 1 saturated carbocycles. The second kappa shape index (κ2) is 10.7. The Morgan fingerprint density at radius 1 is 1.24 bits per heavy atom. The van der Waals surface area contributed by atoms with Gasteiger partial charge in [0, 0.05) is 18.9 Å². The number of carboxylic acids is 1. The zero-order valence-electron chi connectivity index (χ0n) is 22.3. The summed E-state index contributed by atoms with van der Waals surface area (Å²) in [4.78, 5) is 53.7. The van der Waals surface area contributed by atoms with Gasteiger partial charge in [0.2, 0.25) is 11.8 Å². The molecular formula is C25H37N7O6. The van der Waals surface area contributed by atoms with E-state index in [0.29, 0.717) is 25.1 Å². The van der Waals surface area contributed by atoms with Crippen LogP contribution in [0.4, 0.5) is 4.79 Å². The molecule has 0 unspecified atom stereocenters. The molecule has 2 aliphatic heterocycles. The minimum absolute atomic E-state index is 0.138. The summed E-state index contributed by atoms with van der Waals surface area (Å²) in [6.07, 6.45) is 7.12. The Hall–Kier alpha value is -3.51. The van der Waals surface area contributed by atoms with Crippen LogP contribution in [-0.2, 0) is 19.1 Å². The number of tetrazole rings is 1. The van der Waals surface area contributed by atoms with Crippen LogP contribution in [0.15, 0.2) is 12.2 Å².